The molecule has 23 heavy (non-hydrogen) atoms. The summed E-state index contributed by atoms with van der Waals surface area (Å²) >= 11 is 0. The average Bonchev–Trinajstić information content (AvgIpc) is 2.58. The summed E-state index contributed by atoms with van der Waals surface area (Å²) in [5, 5.41) is 4.07. The van der Waals surface area contributed by atoms with Gasteiger partial charge in [-0.15, -0.1) is 0 Å². The molecule has 0 radical (unpaired) electrons. The van der Waals surface area contributed by atoms with Crippen LogP contribution < -0.4 is 5.32 Å². The maximum Gasteiger partial charge on any atom is 0.0169 e. The second-order valence-corrected chi connectivity index (χ2v) is 8.62. The van der Waals surface area contributed by atoms with Crippen LogP contribution in [0.5, 0.6) is 0 Å². The van der Waals surface area contributed by atoms with Gasteiger partial charge in [-0.25, -0.2) is 0 Å². The van der Waals surface area contributed by atoms with Crippen molar-refractivity contribution in [2.75, 3.05) is 39.8 Å². The van der Waals surface area contributed by atoms with E-state index in [-0.39, 0.29) is 0 Å². The zero-order valence-corrected chi connectivity index (χ0v) is 15.6. The van der Waals surface area contributed by atoms with Crippen LogP contribution in [0, 0.1) is 11.8 Å². The third-order valence-electron chi connectivity index (χ3n) is 6.70. The summed E-state index contributed by atoms with van der Waals surface area (Å²) in [7, 11) is 2.25. The van der Waals surface area contributed by atoms with Crippen molar-refractivity contribution in [1.29, 1.82) is 0 Å². The maximum absolute atomic E-state index is 4.07. The first-order chi connectivity index (χ1) is 11.2. The van der Waals surface area contributed by atoms with Crippen molar-refractivity contribution in [3.05, 3.63) is 0 Å². The molecule has 2 aliphatic carbocycles. The van der Waals surface area contributed by atoms with Crippen molar-refractivity contribution in [3.63, 3.8) is 0 Å². The van der Waals surface area contributed by atoms with Gasteiger partial charge >= 0.3 is 0 Å². The van der Waals surface area contributed by atoms with Gasteiger partial charge in [-0.2, -0.15) is 0 Å². The van der Waals surface area contributed by atoms with Gasteiger partial charge in [0, 0.05) is 44.8 Å². The third kappa shape index (κ3) is 5.17. The maximum atomic E-state index is 4.07. The predicted octanol–water partition coefficient (Wildman–Crippen LogP) is 3.35. The summed E-state index contributed by atoms with van der Waals surface area (Å²) in [5.41, 5.74) is 0. The van der Waals surface area contributed by atoms with Crippen molar-refractivity contribution >= 4 is 0 Å². The molecule has 0 bridgehead atoms. The largest absolute Gasteiger partial charge is 0.310 e. The number of piperazine rings is 1. The molecule has 3 aliphatic rings. The third-order valence-corrected chi connectivity index (χ3v) is 6.70. The second-order valence-electron chi connectivity index (χ2n) is 8.62. The molecule has 134 valence electrons. The highest BCUT2D eigenvalue weighted by molar-refractivity contribution is 4.89. The van der Waals surface area contributed by atoms with E-state index in [9.17, 15) is 0 Å². The number of likely N-dealkylation sites (N-methyl/N-ethyl adjacent to an activating group) is 1. The van der Waals surface area contributed by atoms with Crippen LogP contribution in [0.4, 0.5) is 0 Å². The summed E-state index contributed by atoms with van der Waals surface area (Å²) in [5.74, 6) is 2.00. The van der Waals surface area contributed by atoms with Crippen molar-refractivity contribution in [1.82, 2.24) is 15.1 Å². The Morgan fingerprint density at radius 2 is 1.52 bits per heavy atom. The van der Waals surface area contributed by atoms with E-state index >= 15 is 0 Å². The molecule has 0 unspecified atom stereocenters. The summed E-state index contributed by atoms with van der Waals surface area (Å²) in [4.78, 5) is 5.12. The molecule has 0 spiro atoms. The minimum absolute atomic E-state index is 0.646. The van der Waals surface area contributed by atoms with E-state index in [1.165, 1.54) is 90.5 Å². The molecule has 3 atom stereocenters. The Kier molecular flexibility index (Phi) is 6.79. The molecule has 1 N–H and O–H groups in total. The van der Waals surface area contributed by atoms with Crippen molar-refractivity contribution in [3.8, 4) is 0 Å². The zero-order chi connectivity index (χ0) is 16.1. The topological polar surface area (TPSA) is 18.5 Å². The SMILES string of the molecule is C[C@H](CN1CCN(C)CC1)N[C@@H]1CCCC[C@H]1C1CCCCC1. The highest BCUT2D eigenvalue weighted by atomic mass is 15.3. The monoisotopic (exact) mass is 321 g/mol. The van der Waals surface area contributed by atoms with Crippen LogP contribution in [-0.2, 0) is 0 Å². The van der Waals surface area contributed by atoms with Gasteiger partial charge in [0.2, 0.25) is 0 Å². The standard InChI is InChI=1S/C20H39N3/c1-17(16-23-14-12-22(2)13-15-23)21-20-11-7-6-10-19(20)18-8-4-3-5-9-18/h17-21H,3-16H2,1-2H3/t17-,19+,20-/m1/s1. The predicted molar refractivity (Wildman–Crippen MR) is 98.9 cm³/mol. The summed E-state index contributed by atoms with van der Waals surface area (Å²) in [6.45, 7) is 8.63. The van der Waals surface area contributed by atoms with E-state index in [1.807, 2.05) is 0 Å². The minimum Gasteiger partial charge on any atom is -0.310 e. The molecule has 0 aromatic carbocycles. The smallest absolute Gasteiger partial charge is 0.0169 e. The molecule has 3 nitrogen and oxygen atoms in total. The van der Waals surface area contributed by atoms with Gasteiger partial charge in [0.1, 0.15) is 0 Å². The highest BCUT2D eigenvalue weighted by Crippen LogP contribution is 2.38. The fraction of sp³-hybridized carbons (Fsp3) is 1.00. The van der Waals surface area contributed by atoms with E-state index in [1.54, 1.807) is 0 Å². The molecule has 3 heteroatoms. The van der Waals surface area contributed by atoms with Crippen LogP contribution >= 0.6 is 0 Å². The average molecular weight is 322 g/mol. The van der Waals surface area contributed by atoms with Crippen LogP contribution in [0.15, 0.2) is 0 Å². The van der Waals surface area contributed by atoms with E-state index < -0.39 is 0 Å². The normalized spacial score (nSPS) is 33.7. The van der Waals surface area contributed by atoms with Gasteiger partial charge in [0.25, 0.3) is 0 Å². The summed E-state index contributed by atoms with van der Waals surface area (Å²) < 4.78 is 0. The second kappa shape index (κ2) is 8.82. The Morgan fingerprint density at radius 3 is 2.26 bits per heavy atom. The number of hydrogen-bond acceptors (Lipinski definition) is 3. The van der Waals surface area contributed by atoms with Crippen LogP contribution in [0.2, 0.25) is 0 Å². The molecular formula is C20H39N3. The van der Waals surface area contributed by atoms with Crippen LogP contribution in [0.25, 0.3) is 0 Å². The molecule has 1 aliphatic heterocycles. The molecule has 1 heterocycles. The van der Waals surface area contributed by atoms with Gasteiger partial charge in [-0.05, 0) is 38.6 Å². The number of nitrogens with zero attached hydrogens (tertiary/aromatic N) is 2. The fourth-order valence-corrected chi connectivity index (χ4v) is 5.33. The Morgan fingerprint density at radius 1 is 0.870 bits per heavy atom. The Balaban J connectivity index is 1.47. The first kappa shape index (κ1) is 17.7. The summed E-state index contributed by atoms with van der Waals surface area (Å²) in [6, 6.07) is 1.45. The fourth-order valence-electron chi connectivity index (χ4n) is 5.33. The molecule has 0 amide bonds. The quantitative estimate of drug-likeness (QED) is 0.838. The zero-order valence-electron chi connectivity index (χ0n) is 15.6. The molecule has 1 saturated heterocycles. The molecule has 0 aromatic heterocycles. The Bertz CT molecular complexity index is 332. The van der Waals surface area contributed by atoms with Crippen molar-refractivity contribution < 1.29 is 0 Å². The lowest BCUT2D eigenvalue weighted by atomic mass is 9.71. The number of nitrogens with one attached hydrogen (secondary N) is 1. The first-order valence-corrected chi connectivity index (χ1v) is 10.4. The Labute approximate surface area is 144 Å². The van der Waals surface area contributed by atoms with Crippen LogP contribution in [-0.4, -0.2) is 61.7 Å². The van der Waals surface area contributed by atoms with Gasteiger partial charge in [-0.1, -0.05) is 44.9 Å². The van der Waals surface area contributed by atoms with Gasteiger partial charge in [0.05, 0.1) is 0 Å². The Hall–Kier alpha value is -0.120. The molecule has 0 aromatic rings. The first-order valence-electron chi connectivity index (χ1n) is 10.4. The number of rotatable bonds is 5. The van der Waals surface area contributed by atoms with Crippen LogP contribution in [0.3, 0.4) is 0 Å². The van der Waals surface area contributed by atoms with Gasteiger partial charge in [0.15, 0.2) is 0 Å². The van der Waals surface area contributed by atoms with E-state index in [4.69, 9.17) is 0 Å². The van der Waals surface area contributed by atoms with E-state index in [0.29, 0.717) is 6.04 Å². The van der Waals surface area contributed by atoms with E-state index in [2.05, 4.69) is 29.1 Å². The molecular weight excluding hydrogens is 282 g/mol. The summed E-state index contributed by atoms with van der Waals surface area (Å²) in [6.07, 6.45) is 13.3. The lowest BCUT2D eigenvalue weighted by Crippen LogP contribution is -2.52. The van der Waals surface area contributed by atoms with Crippen molar-refractivity contribution in [2.24, 2.45) is 11.8 Å². The highest BCUT2D eigenvalue weighted by Gasteiger charge is 2.33. The van der Waals surface area contributed by atoms with E-state index in [0.717, 1.165) is 17.9 Å². The van der Waals surface area contributed by atoms with Crippen LogP contribution in [0.1, 0.15) is 64.7 Å². The van der Waals surface area contributed by atoms with Crippen molar-refractivity contribution in [2.45, 2.75) is 76.8 Å². The molecule has 3 fully saturated rings. The lowest BCUT2D eigenvalue weighted by molar-refractivity contribution is 0.118. The number of hydrogen-bond donors (Lipinski definition) is 1. The molecule has 2 saturated carbocycles. The van der Waals surface area contributed by atoms with Gasteiger partial charge in [-0.3, -0.25) is 4.90 Å². The lowest BCUT2D eigenvalue weighted by Gasteiger charge is -2.41. The molecule has 3 rings (SSSR count). The minimum atomic E-state index is 0.646. The van der Waals surface area contributed by atoms with Gasteiger partial charge < -0.3 is 10.2 Å².